The molecular formula is C12H17N3O. The zero-order chi connectivity index (χ0) is 12.2. The molecule has 0 aromatic heterocycles. The van der Waals surface area contributed by atoms with Crippen molar-refractivity contribution in [1.29, 1.82) is 0 Å². The predicted molar refractivity (Wildman–Crippen MR) is 63.9 cm³/mol. The molecule has 1 rings (SSSR count). The molecule has 0 spiro atoms. The number of carbonyl (C=O) groups excluding carboxylic acids is 1. The van der Waals surface area contributed by atoms with E-state index in [0.29, 0.717) is 6.54 Å². The fourth-order valence-corrected chi connectivity index (χ4v) is 2.19. The van der Waals surface area contributed by atoms with Crippen molar-refractivity contribution in [2.75, 3.05) is 6.54 Å². The summed E-state index contributed by atoms with van der Waals surface area (Å²) in [6, 6.07) is 0. The normalized spacial score (nSPS) is 18.6. The first kappa shape index (κ1) is 12.5. The second-order valence-electron chi connectivity index (χ2n) is 4.55. The number of nitrogens with zero attached hydrogens (tertiary/aromatic N) is 3. The van der Waals surface area contributed by atoms with Crippen molar-refractivity contribution in [2.45, 2.75) is 33.6 Å². The summed E-state index contributed by atoms with van der Waals surface area (Å²) in [4.78, 5) is 14.3. The van der Waals surface area contributed by atoms with Crippen LogP contribution in [-0.2, 0) is 4.79 Å². The van der Waals surface area contributed by atoms with E-state index in [1.165, 1.54) is 0 Å². The smallest absolute Gasteiger partial charge is 0.183 e. The summed E-state index contributed by atoms with van der Waals surface area (Å²) in [5.41, 5.74) is 9.72. The Bertz CT molecular complexity index is 378. The first-order valence-electron chi connectivity index (χ1n) is 5.43. The summed E-state index contributed by atoms with van der Waals surface area (Å²) in [5, 5.41) is 3.51. The van der Waals surface area contributed by atoms with Crippen LogP contribution in [0.3, 0.4) is 0 Å². The SMILES string of the molecule is CC1=CC(C)(CCCN=[N+]=[N-])C=C(C)C1=O. The van der Waals surface area contributed by atoms with E-state index in [1.54, 1.807) is 0 Å². The number of rotatable bonds is 4. The molecule has 16 heavy (non-hydrogen) atoms. The second-order valence-corrected chi connectivity index (χ2v) is 4.55. The molecule has 0 bridgehead atoms. The predicted octanol–water partition coefficient (Wildman–Crippen LogP) is 3.56. The van der Waals surface area contributed by atoms with Gasteiger partial charge in [-0.05, 0) is 43.4 Å². The molecule has 0 fully saturated rings. The number of carbonyl (C=O) groups is 1. The maximum atomic E-state index is 11.6. The van der Waals surface area contributed by atoms with Gasteiger partial charge in [-0.25, -0.2) is 0 Å². The third-order valence-electron chi connectivity index (χ3n) is 2.85. The first-order chi connectivity index (χ1) is 7.48. The topological polar surface area (TPSA) is 65.8 Å². The summed E-state index contributed by atoms with van der Waals surface area (Å²) in [7, 11) is 0. The summed E-state index contributed by atoms with van der Waals surface area (Å²) >= 11 is 0. The van der Waals surface area contributed by atoms with Crippen LogP contribution in [0.15, 0.2) is 28.4 Å². The van der Waals surface area contributed by atoms with Crippen molar-refractivity contribution in [1.82, 2.24) is 0 Å². The van der Waals surface area contributed by atoms with Crippen LogP contribution < -0.4 is 0 Å². The second kappa shape index (κ2) is 4.99. The minimum atomic E-state index is -0.0763. The summed E-state index contributed by atoms with van der Waals surface area (Å²) in [5.74, 6) is 0.132. The molecule has 86 valence electrons. The molecule has 0 radical (unpaired) electrons. The van der Waals surface area contributed by atoms with Crippen LogP contribution in [0.5, 0.6) is 0 Å². The van der Waals surface area contributed by atoms with Gasteiger partial charge in [-0.3, -0.25) is 4.79 Å². The summed E-state index contributed by atoms with van der Waals surface area (Å²) in [6.45, 7) is 6.32. The van der Waals surface area contributed by atoms with E-state index in [9.17, 15) is 4.79 Å². The van der Waals surface area contributed by atoms with Gasteiger partial charge in [0.25, 0.3) is 0 Å². The average molecular weight is 219 g/mol. The Morgan fingerprint density at radius 3 is 2.44 bits per heavy atom. The molecule has 0 heterocycles. The van der Waals surface area contributed by atoms with Crippen molar-refractivity contribution in [3.8, 4) is 0 Å². The highest BCUT2D eigenvalue weighted by Gasteiger charge is 2.25. The molecule has 0 aliphatic heterocycles. The Morgan fingerprint density at radius 1 is 1.38 bits per heavy atom. The van der Waals surface area contributed by atoms with E-state index in [-0.39, 0.29) is 11.2 Å². The van der Waals surface area contributed by atoms with Gasteiger partial charge >= 0.3 is 0 Å². The van der Waals surface area contributed by atoms with Gasteiger partial charge < -0.3 is 0 Å². The standard InChI is InChI=1S/C12H17N3O/c1-9-7-12(3,5-4-6-14-15-13)8-10(2)11(9)16/h7-8H,4-6H2,1-3H3. The van der Waals surface area contributed by atoms with Crippen LogP contribution in [0.4, 0.5) is 0 Å². The van der Waals surface area contributed by atoms with Crippen molar-refractivity contribution in [2.24, 2.45) is 10.5 Å². The summed E-state index contributed by atoms with van der Waals surface area (Å²) < 4.78 is 0. The van der Waals surface area contributed by atoms with E-state index in [1.807, 2.05) is 26.0 Å². The van der Waals surface area contributed by atoms with Crippen LogP contribution in [0.2, 0.25) is 0 Å². The molecule has 1 aliphatic rings. The van der Waals surface area contributed by atoms with Crippen LogP contribution in [-0.4, -0.2) is 12.3 Å². The monoisotopic (exact) mass is 219 g/mol. The molecule has 0 saturated heterocycles. The lowest BCUT2D eigenvalue weighted by Gasteiger charge is -2.27. The van der Waals surface area contributed by atoms with Crippen LogP contribution >= 0.6 is 0 Å². The van der Waals surface area contributed by atoms with E-state index < -0.39 is 0 Å². The highest BCUT2D eigenvalue weighted by molar-refractivity contribution is 6.08. The summed E-state index contributed by atoms with van der Waals surface area (Å²) in [6.07, 6.45) is 5.76. The average Bonchev–Trinajstić information content (AvgIpc) is 2.21. The van der Waals surface area contributed by atoms with Crippen molar-refractivity contribution in [3.63, 3.8) is 0 Å². The van der Waals surface area contributed by atoms with Gasteiger partial charge in [-0.1, -0.05) is 24.2 Å². The van der Waals surface area contributed by atoms with E-state index in [4.69, 9.17) is 5.53 Å². The fraction of sp³-hybridized carbons (Fsp3) is 0.583. The number of ketones is 1. The van der Waals surface area contributed by atoms with Crippen LogP contribution in [0.25, 0.3) is 10.4 Å². The number of hydrogen-bond acceptors (Lipinski definition) is 2. The molecule has 0 saturated carbocycles. The molecule has 0 aromatic carbocycles. The molecular weight excluding hydrogens is 202 g/mol. The highest BCUT2D eigenvalue weighted by Crippen LogP contribution is 2.34. The van der Waals surface area contributed by atoms with Crippen LogP contribution in [0.1, 0.15) is 33.6 Å². The Hall–Kier alpha value is -1.54. The Kier molecular flexibility index (Phi) is 3.91. The van der Waals surface area contributed by atoms with E-state index >= 15 is 0 Å². The Morgan fingerprint density at radius 2 is 1.94 bits per heavy atom. The van der Waals surface area contributed by atoms with Gasteiger partial charge in [0.05, 0.1) is 0 Å². The zero-order valence-corrected chi connectivity index (χ0v) is 10.0. The lowest BCUT2D eigenvalue weighted by atomic mass is 9.77. The van der Waals surface area contributed by atoms with Gasteiger partial charge in [0, 0.05) is 16.9 Å². The molecule has 0 aromatic rings. The van der Waals surface area contributed by atoms with E-state index in [2.05, 4.69) is 16.9 Å². The molecule has 0 N–H and O–H groups in total. The van der Waals surface area contributed by atoms with Gasteiger partial charge in [0.1, 0.15) is 0 Å². The van der Waals surface area contributed by atoms with Crippen molar-refractivity contribution in [3.05, 3.63) is 33.7 Å². The van der Waals surface area contributed by atoms with Gasteiger partial charge in [0.2, 0.25) is 0 Å². The molecule has 0 atom stereocenters. The number of hydrogen-bond donors (Lipinski definition) is 0. The van der Waals surface area contributed by atoms with Gasteiger partial charge in [0.15, 0.2) is 5.78 Å². The van der Waals surface area contributed by atoms with Gasteiger partial charge in [-0.2, -0.15) is 0 Å². The minimum Gasteiger partial charge on any atom is -0.289 e. The fourth-order valence-electron chi connectivity index (χ4n) is 2.19. The molecule has 4 heteroatoms. The first-order valence-corrected chi connectivity index (χ1v) is 5.43. The Labute approximate surface area is 95.7 Å². The molecule has 0 unspecified atom stereocenters. The van der Waals surface area contributed by atoms with Crippen molar-refractivity contribution >= 4 is 5.78 Å². The third-order valence-corrected chi connectivity index (χ3v) is 2.85. The third kappa shape index (κ3) is 2.97. The number of Topliss-reactive ketones (excluding diaryl/α,β-unsaturated/α-hetero) is 1. The van der Waals surface area contributed by atoms with Crippen LogP contribution in [0, 0.1) is 5.41 Å². The number of allylic oxidation sites excluding steroid dienone is 4. The van der Waals surface area contributed by atoms with E-state index in [0.717, 1.165) is 24.0 Å². The zero-order valence-electron chi connectivity index (χ0n) is 10.0. The van der Waals surface area contributed by atoms with Gasteiger partial charge in [-0.15, -0.1) is 0 Å². The largest absolute Gasteiger partial charge is 0.289 e. The minimum absolute atomic E-state index is 0.0763. The highest BCUT2D eigenvalue weighted by atomic mass is 16.1. The maximum Gasteiger partial charge on any atom is 0.183 e. The number of azide groups is 1. The van der Waals surface area contributed by atoms with Crippen molar-refractivity contribution < 1.29 is 4.79 Å². The lowest BCUT2D eigenvalue weighted by molar-refractivity contribution is -0.112. The molecule has 4 nitrogen and oxygen atoms in total. The quantitative estimate of drug-likeness (QED) is 0.308. The molecule has 1 aliphatic carbocycles. The lowest BCUT2D eigenvalue weighted by Crippen LogP contribution is -2.20. The maximum absolute atomic E-state index is 11.6. The molecule has 0 amide bonds. The Balaban J connectivity index is 2.70.